The number of rotatable bonds is 4. The predicted octanol–water partition coefficient (Wildman–Crippen LogP) is 3.23. The van der Waals surface area contributed by atoms with Crippen LogP contribution in [-0.4, -0.2) is 12.1 Å². The first-order valence-corrected chi connectivity index (χ1v) is 5.09. The van der Waals surface area contributed by atoms with E-state index in [2.05, 4.69) is 43.5 Å². The van der Waals surface area contributed by atoms with Crippen molar-refractivity contribution in [3.05, 3.63) is 0 Å². The molecular weight excluding hydrogens is 187 g/mol. The van der Waals surface area contributed by atoms with E-state index in [1.807, 2.05) is 0 Å². The summed E-state index contributed by atoms with van der Waals surface area (Å²) >= 11 is 3.59. The Morgan fingerprint density at radius 1 is 1.60 bits per heavy atom. The van der Waals surface area contributed by atoms with Crippen LogP contribution in [0.1, 0.15) is 33.6 Å². The summed E-state index contributed by atoms with van der Waals surface area (Å²) in [5.74, 6) is 0. The van der Waals surface area contributed by atoms with Crippen LogP contribution in [0, 0.1) is 0 Å². The first-order valence-electron chi connectivity index (χ1n) is 4.18. The van der Waals surface area contributed by atoms with Crippen LogP contribution in [0.5, 0.6) is 0 Å². The molecule has 0 N–H and O–H groups in total. The fraction of sp³-hybridized carbons (Fsp3) is 1.00. The molecule has 0 fully saturated rings. The summed E-state index contributed by atoms with van der Waals surface area (Å²) in [6.07, 6.45) is 2.58. The lowest BCUT2D eigenvalue weighted by atomic mass is 9.52. The summed E-state index contributed by atoms with van der Waals surface area (Å²) in [6.45, 7) is 9.14. The zero-order chi connectivity index (χ0) is 8.20. The Kier molecular flexibility index (Phi) is 4.67. The third kappa shape index (κ3) is 3.65. The number of hydrogen-bond donors (Lipinski definition) is 0. The van der Waals surface area contributed by atoms with E-state index in [4.69, 9.17) is 0 Å². The van der Waals surface area contributed by atoms with Gasteiger partial charge in [-0.25, -0.2) is 0 Å². The highest BCUT2D eigenvalue weighted by Crippen LogP contribution is 2.35. The van der Waals surface area contributed by atoms with Gasteiger partial charge in [0.15, 0.2) is 0 Å². The molecule has 0 aromatic carbocycles. The molecule has 0 nitrogen and oxygen atoms in total. The molecule has 2 unspecified atom stereocenters. The van der Waals surface area contributed by atoms with Crippen LogP contribution in [0.3, 0.4) is 0 Å². The summed E-state index contributed by atoms with van der Waals surface area (Å²) in [5, 5.41) is 0.558. The highest BCUT2D eigenvalue weighted by atomic mass is 79.9. The fourth-order valence-electron chi connectivity index (χ4n) is 1.22. The van der Waals surface area contributed by atoms with Gasteiger partial charge in [-0.05, 0) is 6.42 Å². The first-order chi connectivity index (χ1) is 4.54. The minimum absolute atomic E-state index is 0.558. The first kappa shape index (κ1) is 10.5. The van der Waals surface area contributed by atoms with Crippen molar-refractivity contribution in [3.63, 3.8) is 0 Å². The van der Waals surface area contributed by atoms with E-state index < -0.39 is 0 Å². The Labute approximate surface area is 74.1 Å². The van der Waals surface area contributed by atoms with Crippen molar-refractivity contribution in [2.75, 3.05) is 0 Å². The second kappa shape index (κ2) is 4.43. The standard InChI is InChI=1S/C8H18BBr/c1-5-8(3,9-4)6-7(2)10/h7,9H,5-6H2,1-4H3. The molecule has 0 bridgehead atoms. The van der Waals surface area contributed by atoms with E-state index in [1.54, 1.807) is 0 Å². The molecule has 0 saturated carbocycles. The molecule has 0 aliphatic heterocycles. The van der Waals surface area contributed by atoms with E-state index in [9.17, 15) is 0 Å². The van der Waals surface area contributed by atoms with Crippen molar-refractivity contribution in [1.29, 1.82) is 0 Å². The minimum Gasteiger partial charge on any atom is -0.0894 e. The molecule has 0 radical (unpaired) electrons. The van der Waals surface area contributed by atoms with Gasteiger partial charge in [0.05, 0.1) is 0 Å². The summed E-state index contributed by atoms with van der Waals surface area (Å²) in [5.41, 5.74) is 0. The molecule has 0 heterocycles. The maximum Gasteiger partial charge on any atom is 0.124 e. The van der Waals surface area contributed by atoms with Crippen molar-refractivity contribution >= 4 is 23.2 Å². The third-order valence-corrected chi connectivity index (χ3v) is 2.80. The quantitative estimate of drug-likeness (QED) is 0.488. The van der Waals surface area contributed by atoms with E-state index >= 15 is 0 Å². The monoisotopic (exact) mass is 204 g/mol. The van der Waals surface area contributed by atoms with E-state index in [0.29, 0.717) is 10.1 Å². The maximum atomic E-state index is 3.59. The number of alkyl halides is 1. The normalized spacial score (nSPS) is 19.7. The highest BCUT2D eigenvalue weighted by molar-refractivity contribution is 9.09. The molecule has 0 amide bonds. The Balaban J connectivity index is 3.80. The van der Waals surface area contributed by atoms with Crippen LogP contribution in [0.4, 0.5) is 0 Å². The predicted molar refractivity (Wildman–Crippen MR) is 54.7 cm³/mol. The van der Waals surface area contributed by atoms with Crippen molar-refractivity contribution in [3.8, 4) is 0 Å². The molecule has 0 spiro atoms. The third-order valence-electron chi connectivity index (χ3n) is 2.48. The average molecular weight is 205 g/mol. The zero-order valence-corrected chi connectivity index (χ0v) is 9.16. The van der Waals surface area contributed by atoms with Gasteiger partial charge in [0.1, 0.15) is 7.28 Å². The van der Waals surface area contributed by atoms with Gasteiger partial charge in [-0.1, -0.05) is 55.3 Å². The van der Waals surface area contributed by atoms with Gasteiger partial charge in [0, 0.05) is 4.83 Å². The second-order valence-corrected chi connectivity index (χ2v) is 5.07. The van der Waals surface area contributed by atoms with Crippen LogP contribution in [0.2, 0.25) is 12.1 Å². The van der Waals surface area contributed by atoms with E-state index in [0.717, 1.165) is 0 Å². The fourth-order valence-corrected chi connectivity index (χ4v) is 2.00. The van der Waals surface area contributed by atoms with Gasteiger partial charge >= 0.3 is 0 Å². The maximum absolute atomic E-state index is 3.59. The second-order valence-electron chi connectivity index (χ2n) is 3.50. The van der Waals surface area contributed by atoms with Gasteiger partial charge in [-0.2, -0.15) is 0 Å². The van der Waals surface area contributed by atoms with Crippen LogP contribution in [-0.2, 0) is 0 Å². The summed E-state index contributed by atoms with van der Waals surface area (Å²) < 4.78 is 0. The Morgan fingerprint density at radius 3 is 2.20 bits per heavy atom. The lowest BCUT2D eigenvalue weighted by molar-refractivity contribution is 0.537. The van der Waals surface area contributed by atoms with Gasteiger partial charge < -0.3 is 0 Å². The van der Waals surface area contributed by atoms with Crippen molar-refractivity contribution in [2.45, 2.75) is 50.6 Å². The summed E-state index contributed by atoms with van der Waals surface area (Å²) in [4.78, 5) is 0.664. The Bertz CT molecular complexity index is 87.3. The summed E-state index contributed by atoms with van der Waals surface area (Å²) in [6, 6.07) is 0. The van der Waals surface area contributed by atoms with Crippen LogP contribution in [0.25, 0.3) is 0 Å². The topological polar surface area (TPSA) is 0 Å². The molecule has 0 rings (SSSR count). The molecule has 10 heavy (non-hydrogen) atoms. The van der Waals surface area contributed by atoms with E-state index in [-0.39, 0.29) is 0 Å². The SMILES string of the molecule is CBC(C)(CC)CC(C)Br. The number of hydrogen-bond acceptors (Lipinski definition) is 0. The van der Waals surface area contributed by atoms with Gasteiger partial charge in [0.25, 0.3) is 0 Å². The minimum atomic E-state index is 0.558. The molecule has 0 aromatic heterocycles. The molecule has 0 aromatic rings. The molecule has 2 atom stereocenters. The van der Waals surface area contributed by atoms with E-state index in [1.165, 1.54) is 20.1 Å². The van der Waals surface area contributed by atoms with Crippen molar-refractivity contribution < 1.29 is 0 Å². The smallest absolute Gasteiger partial charge is 0.0894 e. The largest absolute Gasteiger partial charge is 0.124 e. The van der Waals surface area contributed by atoms with Crippen molar-refractivity contribution in [2.24, 2.45) is 0 Å². The Morgan fingerprint density at radius 2 is 2.10 bits per heavy atom. The lowest BCUT2D eigenvalue weighted by Crippen LogP contribution is -2.16. The Hall–Kier alpha value is 0.545. The number of halogens is 1. The average Bonchev–Trinajstić information content (AvgIpc) is 1.87. The molecule has 0 saturated heterocycles. The van der Waals surface area contributed by atoms with Crippen LogP contribution >= 0.6 is 15.9 Å². The van der Waals surface area contributed by atoms with Gasteiger partial charge in [0.2, 0.25) is 0 Å². The molecule has 2 heteroatoms. The molecule has 60 valence electrons. The van der Waals surface area contributed by atoms with Crippen LogP contribution < -0.4 is 0 Å². The van der Waals surface area contributed by atoms with Crippen molar-refractivity contribution in [1.82, 2.24) is 0 Å². The van der Waals surface area contributed by atoms with Gasteiger partial charge in [-0.15, -0.1) is 0 Å². The lowest BCUT2D eigenvalue weighted by Gasteiger charge is -2.27. The summed E-state index contributed by atoms with van der Waals surface area (Å²) in [7, 11) is 1.29. The van der Waals surface area contributed by atoms with Crippen LogP contribution in [0.15, 0.2) is 0 Å². The molecule has 0 aliphatic carbocycles. The zero-order valence-electron chi connectivity index (χ0n) is 7.58. The highest BCUT2D eigenvalue weighted by Gasteiger charge is 2.21. The van der Waals surface area contributed by atoms with Gasteiger partial charge in [-0.3, -0.25) is 0 Å². The molecule has 0 aliphatic rings. The molecular formula is C8H18BBr.